The second-order valence-electron chi connectivity index (χ2n) is 5.31. The highest BCUT2D eigenvalue weighted by atomic mass is 32.2. The van der Waals surface area contributed by atoms with Crippen LogP contribution >= 0.6 is 11.8 Å². The zero-order valence-electron chi connectivity index (χ0n) is 11.3. The summed E-state index contributed by atoms with van der Waals surface area (Å²) in [6, 6.07) is 0. The van der Waals surface area contributed by atoms with Crippen molar-refractivity contribution in [1.82, 2.24) is 9.03 Å². The summed E-state index contributed by atoms with van der Waals surface area (Å²) in [6.07, 6.45) is 3.45. The molecule has 1 fully saturated rings. The summed E-state index contributed by atoms with van der Waals surface area (Å²) in [7, 11) is -3.37. The van der Waals surface area contributed by atoms with Crippen LogP contribution in [0.5, 0.6) is 0 Å². The quantitative estimate of drug-likeness (QED) is 0.756. The number of piperidine rings is 1. The third kappa shape index (κ3) is 4.70. The van der Waals surface area contributed by atoms with Crippen molar-refractivity contribution in [2.45, 2.75) is 31.4 Å². The van der Waals surface area contributed by atoms with Gasteiger partial charge in [-0.05, 0) is 38.9 Å². The van der Waals surface area contributed by atoms with Gasteiger partial charge in [-0.15, -0.1) is 0 Å². The van der Waals surface area contributed by atoms with Gasteiger partial charge in [-0.1, -0.05) is 0 Å². The van der Waals surface area contributed by atoms with E-state index in [-0.39, 0.29) is 17.3 Å². The van der Waals surface area contributed by atoms with Gasteiger partial charge in [0.05, 0.1) is 0 Å². The molecule has 0 aromatic heterocycles. The SMILES string of the molecule is CSC(C)(C)CNS(=O)(=O)N1CCC(CO)CC1. The van der Waals surface area contributed by atoms with Crippen LogP contribution in [0.2, 0.25) is 0 Å². The number of nitrogens with one attached hydrogen (secondary N) is 1. The average Bonchev–Trinajstić information content (AvgIpc) is 2.37. The number of nitrogens with zero attached hydrogens (tertiary/aromatic N) is 1. The number of rotatable bonds is 6. The molecule has 0 spiro atoms. The van der Waals surface area contributed by atoms with Gasteiger partial charge in [0.2, 0.25) is 0 Å². The predicted molar refractivity (Wildman–Crippen MR) is 75.9 cm³/mol. The molecule has 1 heterocycles. The zero-order chi connectivity index (χ0) is 13.8. The molecule has 1 aliphatic rings. The lowest BCUT2D eigenvalue weighted by molar-refractivity contribution is 0.169. The molecule has 1 saturated heterocycles. The van der Waals surface area contributed by atoms with Gasteiger partial charge in [0.25, 0.3) is 10.2 Å². The van der Waals surface area contributed by atoms with Crippen LogP contribution in [0.15, 0.2) is 0 Å². The molecular weight excluding hydrogens is 272 g/mol. The lowest BCUT2D eigenvalue weighted by atomic mass is 10.00. The first-order valence-electron chi connectivity index (χ1n) is 6.21. The number of thioether (sulfide) groups is 1. The molecule has 0 radical (unpaired) electrons. The highest BCUT2D eigenvalue weighted by Gasteiger charge is 2.29. The predicted octanol–water partition coefficient (Wildman–Crippen LogP) is 0.667. The van der Waals surface area contributed by atoms with Crippen molar-refractivity contribution in [3.05, 3.63) is 0 Å². The van der Waals surface area contributed by atoms with Gasteiger partial charge in [0.1, 0.15) is 0 Å². The first-order valence-corrected chi connectivity index (χ1v) is 8.88. The van der Waals surface area contributed by atoms with Crippen molar-refractivity contribution >= 4 is 22.0 Å². The maximum absolute atomic E-state index is 12.1. The van der Waals surface area contributed by atoms with E-state index >= 15 is 0 Å². The summed E-state index contributed by atoms with van der Waals surface area (Å²) in [5, 5.41) is 9.04. The van der Waals surface area contributed by atoms with Gasteiger partial charge in [0.15, 0.2) is 0 Å². The zero-order valence-corrected chi connectivity index (χ0v) is 13.0. The molecule has 108 valence electrons. The van der Waals surface area contributed by atoms with Crippen molar-refractivity contribution in [3.63, 3.8) is 0 Å². The molecule has 7 heteroatoms. The molecule has 0 atom stereocenters. The summed E-state index contributed by atoms with van der Waals surface area (Å²) in [4.78, 5) is 0. The van der Waals surface area contributed by atoms with Gasteiger partial charge < -0.3 is 5.11 Å². The molecule has 0 unspecified atom stereocenters. The smallest absolute Gasteiger partial charge is 0.279 e. The minimum atomic E-state index is -3.37. The molecule has 0 aromatic carbocycles. The fourth-order valence-corrected chi connectivity index (χ4v) is 3.49. The van der Waals surface area contributed by atoms with E-state index in [1.54, 1.807) is 11.8 Å². The van der Waals surface area contributed by atoms with Crippen LogP contribution in [0, 0.1) is 5.92 Å². The molecule has 1 rings (SSSR count). The second-order valence-corrected chi connectivity index (χ2v) is 8.58. The summed E-state index contributed by atoms with van der Waals surface area (Å²) < 4.78 is 28.2. The number of aliphatic hydroxyl groups excluding tert-OH is 1. The topological polar surface area (TPSA) is 69.6 Å². The lowest BCUT2D eigenvalue weighted by Gasteiger charge is -2.31. The molecule has 5 nitrogen and oxygen atoms in total. The molecule has 0 bridgehead atoms. The molecule has 2 N–H and O–H groups in total. The minimum Gasteiger partial charge on any atom is -0.396 e. The number of hydrogen-bond donors (Lipinski definition) is 2. The third-order valence-corrected chi connectivity index (χ3v) is 6.21. The Hall–Kier alpha value is 0.180. The van der Waals surface area contributed by atoms with Crippen molar-refractivity contribution < 1.29 is 13.5 Å². The minimum absolute atomic E-state index is 0.101. The van der Waals surface area contributed by atoms with E-state index in [0.29, 0.717) is 19.6 Å². The van der Waals surface area contributed by atoms with E-state index in [1.807, 2.05) is 20.1 Å². The Labute approximate surface area is 115 Å². The van der Waals surface area contributed by atoms with Crippen LogP contribution in [0.25, 0.3) is 0 Å². The highest BCUT2D eigenvalue weighted by Crippen LogP contribution is 2.21. The van der Waals surface area contributed by atoms with E-state index in [2.05, 4.69) is 4.72 Å². The first kappa shape index (κ1) is 16.2. The maximum atomic E-state index is 12.1. The average molecular weight is 296 g/mol. The van der Waals surface area contributed by atoms with Gasteiger partial charge in [-0.25, -0.2) is 4.72 Å². The standard InChI is InChI=1S/C11H24N2O3S2/c1-11(2,17-3)9-12-18(15,16)13-6-4-10(8-14)5-7-13/h10,12,14H,4-9H2,1-3H3. The monoisotopic (exact) mass is 296 g/mol. The van der Waals surface area contributed by atoms with Crippen LogP contribution in [-0.2, 0) is 10.2 Å². The Morgan fingerprint density at radius 3 is 2.39 bits per heavy atom. The van der Waals surface area contributed by atoms with Crippen molar-refractivity contribution in [2.75, 3.05) is 32.5 Å². The van der Waals surface area contributed by atoms with Gasteiger partial charge in [-0.3, -0.25) is 0 Å². The van der Waals surface area contributed by atoms with Crippen molar-refractivity contribution in [1.29, 1.82) is 0 Å². The third-order valence-electron chi connectivity index (χ3n) is 3.40. The molecule has 0 aliphatic carbocycles. The number of hydrogen-bond acceptors (Lipinski definition) is 4. The lowest BCUT2D eigenvalue weighted by Crippen LogP contribution is -2.48. The van der Waals surface area contributed by atoms with E-state index in [0.717, 1.165) is 12.8 Å². The molecule has 0 saturated carbocycles. The van der Waals surface area contributed by atoms with Gasteiger partial charge in [0, 0.05) is 31.0 Å². The van der Waals surface area contributed by atoms with Crippen LogP contribution in [0.4, 0.5) is 0 Å². The molecule has 0 amide bonds. The van der Waals surface area contributed by atoms with Crippen LogP contribution < -0.4 is 4.72 Å². The van der Waals surface area contributed by atoms with E-state index in [4.69, 9.17) is 5.11 Å². The molecule has 18 heavy (non-hydrogen) atoms. The summed E-state index contributed by atoms with van der Waals surface area (Å²) in [5.41, 5.74) is 0. The van der Waals surface area contributed by atoms with E-state index in [9.17, 15) is 8.42 Å². The number of aliphatic hydroxyl groups is 1. The molecular formula is C11H24N2O3S2. The second kappa shape index (κ2) is 6.56. The highest BCUT2D eigenvalue weighted by molar-refractivity contribution is 8.00. The molecule has 0 aromatic rings. The van der Waals surface area contributed by atoms with Crippen LogP contribution in [-0.4, -0.2) is 55.1 Å². The largest absolute Gasteiger partial charge is 0.396 e. The van der Waals surface area contributed by atoms with Gasteiger partial charge >= 0.3 is 0 Å². The Bertz CT molecular complexity index is 349. The van der Waals surface area contributed by atoms with Crippen LogP contribution in [0.1, 0.15) is 26.7 Å². The first-order chi connectivity index (χ1) is 8.30. The summed E-state index contributed by atoms with van der Waals surface area (Å²) in [5.74, 6) is 0.249. The van der Waals surface area contributed by atoms with E-state index in [1.165, 1.54) is 4.31 Å². The summed E-state index contributed by atoms with van der Waals surface area (Å²) >= 11 is 1.64. The van der Waals surface area contributed by atoms with Crippen molar-refractivity contribution in [2.24, 2.45) is 5.92 Å². The normalized spacial score (nSPS) is 20.2. The fraction of sp³-hybridized carbons (Fsp3) is 1.00. The Balaban J connectivity index is 2.50. The van der Waals surface area contributed by atoms with Crippen molar-refractivity contribution in [3.8, 4) is 0 Å². The van der Waals surface area contributed by atoms with Crippen LogP contribution in [0.3, 0.4) is 0 Å². The van der Waals surface area contributed by atoms with E-state index < -0.39 is 10.2 Å². The fourth-order valence-electron chi connectivity index (χ4n) is 1.76. The molecule has 1 aliphatic heterocycles. The summed E-state index contributed by atoms with van der Waals surface area (Å²) in [6.45, 7) is 5.61. The van der Waals surface area contributed by atoms with Gasteiger partial charge in [-0.2, -0.15) is 24.5 Å². The Morgan fingerprint density at radius 2 is 1.94 bits per heavy atom. The Morgan fingerprint density at radius 1 is 1.39 bits per heavy atom. The maximum Gasteiger partial charge on any atom is 0.279 e. The Kier molecular flexibility index (Phi) is 5.92.